The average molecular weight is 424 g/mol. The van der Waals surface area contributed by atoms with Crippen molar-refractivity contribution in [3.63, 3.8) is 0 Å². The lowest BCUT2D eigenvalue weighted by molar-refractivity contribution is -0.131. The molecule has 1 aromatic carbocycles. The number of nitrogens with zero attached hydrogens (tertiary/aromatic N) is 2. The molecule has 4 rings (SSSR count). The number of nitrogens with one attached hydrogen (secondary N) is 1. The molecular weight excluding hydrogens is 398 g/mol. The van der Waals surface area contributed by atoms with Gasteiger partial charge in [-0.1, -0.05) is 37.1 Å². The zero-order valence-electron chi connectivity index (χ0n) is 16.8. The Labute approximate surface area is 179 Å². The number of carbonyl (C=O) groups excluding carboxylic acids is 3. The maximum absolute atomic E-state index is 12.9. The van der Waals surface area contributed by atoms with Gasteiger partial charge in [0.05, 0.1) is 12.1 Å². The molecule has 3 heterocycles. The van der Waals surface area contributed by atoms with Crippen LogP contribution >= 0.6 is 11.3 Å². The number of amides is 2. The molecule has 1 aliphatic heterocycles. The molecule has 2 aromatic heterocycles. The van der Waals surface area contributed by atoms with Crippen LogP contribution in [0.25, 0.3) is 10.9 Å². The third-order valence-electron chi connectivity index (χ3n) is 5.51. The van der Waals surface area contributed by atoms with Crippen LogP contribution in [0.2, 0.25) is 0 Å². The Morgan fingerprint density at radius 2 is 1.73 bits per heavy atom. The predicted octanol–water partition coefficient (Wildman–Crippen LogP) is 3.60. The Kier molecular flexibility index (Phi) is 6.28. The number of Topliss-reactive ketones (excluding diaryl/α,β-unsaturated/α-hetero) is 1. The molecule has 0 radical (unpaired) electrons. The van der Waals surface area contributed by atoms with E-state index in [1.807, 2.05) is 46.7 Å². The summed E-state index contributed by atoms with van der Waals surface area (Å²) in [5, 5.41) is 5.32. The summed E-state index contributed by atoms with van der Waals surface area (Å²) in [6.45, 7) is 2.07. The van der Waals surface area contributed by atoms with Gasteiger partial charge >= 0.3 is 0 Å². The van der Waals surface area contributed by atoms with Gasteiger partial charge in [0, 0.05) is 35.1 Å². The molecule has 3 aromatic rings. The van der Waals surface area contributed by atoms with E-state index in [1.54, 1.807) is 10.8 Å². The van der Waals surface area contributed by atoms with Crippen LogP contribution in [0.15, 0.2) is 48.0 Å². The first kappa shape index (κ1) is 20.3. The van der Waals surface area contributed by atoms with Crippen molar-refractivity contribution in [2.24, 2.45) is 0 Å². The van der Waals surface area contributed by atoms with Gasteiger partial charge in [-0.25, -0.2) is 0 Å². The van der Waals surface area contributed by atoms with Crippen molar-refractivity contribution in [2.45, 2.75) is 38.8 Å². The molecule has 6 nitrogen and oxygen atoms in total. The SMILES string of the molecule is O=C(NCc1cccs1)C(=O)c1cn(CC(=O)N2CCCCCC2)c2ccccc12. The quantitative estimate of drug-likeness (QED) is 0.486. The van der Waals surface area contributed by atoms with Gasteiger partial charge in [-0.05, 0) is 30.4 Å². The van der Waals surface area contributed by atoms with Gasteiger partial charge in [-0.3, -0.25) is 14.4 Å². The topological polar surface area (TPSA) is 71.4 Å². The number of aromatic nitrogens is 1. The number of likely N-dealkylation sites (tertiary alicyclic amines) is 1. The molecule has 0 saturated carbocycles. The number of rotatable bonds is 6. The van der Waals surface area contributed by atoms with Gasteiger partial charge in [0.15, 0.2) is 0 Å². The molecular formula is C23H25N3O3S. The van der Waals surface area contributed by atoms with Gasteiger partial charge in [-0.2, -0.15) is 0 Å². The van der Waals surface area contributed by atoms with Crippen LogP contribution < -0.4 is 5.32 Å². The molecule has 0 unspecified atom stereocenters. The van der Waals surface area contributed by atoms with E-state index in [4.69, 9.17) is 0 Å². The van der Waals surface area contributed by atoms with E-state index < -0.39 is 11.7 Å². The lowest BCUT2D eigenvalue weighted by atomic mass is 10.1. The summed E-state index contributed by atoms with van der Waals surface area (Å²) < 4.78 is 1.79. The molecule has 0 spiro atoms. The van der Waals surface area contributed by atoms with E-state index in [1.165, 1.54) is 11.3 Å². The van der Waals surface area contributed by atoms with Gasteiger partial charge in [-0.15, -0.1) is 11.3 Å². The fourth-order valence-corrected chi connectivity index (χ4v) is 4.55. The molecule has 30 heavy (non-hydrogen) atoms. The monoisotopic (exact) mass is 423 g/mol. The van der Waals surface area contributed by atoms with E-state index in [2.05, 4.69) is 5.32 Å². The molecule has 0 atom stereocenters. The van der Waals surface area contributed by atoms with Gasteiger partial charge in [0.1, 0.15) is 6.54 Å². The first-order chi connectivity index (χ1) is 14.6. The molecule has 0 bridgehead atoms. The summed E-state index contributed by atoms with van der Waals surface area (Å²) in [7, 11) is 0. The maximum Gasteiger partial charge on any atom is 0.292 e. The summed E-state index contributed by atoms with van der Waals surface area (Å²) in [6, 6.07) is 11.2. The first-order valence-electron chi connectivity index (χ1n) is 10.3. The predicted molar refractivity (Wildman–Crippen MR) is 117 cm³/mol. The minimum atomic E-state index is -0.634. The van der Waals surface area contributed by atoms with E-state index >= 15 is 0 Å². The average Bonchev–Trinajstić information content (AvgIpc) is 3.31. The van der Waals surface area contributed by atoms with Crippen molar-refractivity contribution < 1.29 is 14.4 Å². The van der Waals surface area contributed by atoms with Crippen molar-refractivity contribution in [1.82, 2.24) is 14.8 Å². The molecule has 1 saturated heterocycles. The smallest absolute Gasteiger partial charge is 0.292 e. The number of ketones is 1. The lowest BCUT2D eigenvalue weighted by Crippen LogP contribution is -2.34. The second kappa shape index (κ2) is 9.26. The highest BCUT2D eigenvalue weighted by Gasteiger charge is 2.23. The molecule has 156 valence electrons. The van der Waals surface area contributed by atoms with Crippen molar-refractivity contribution >= 4 is 39.8 Å². The molecule has 7 heteroatoms. The fraction of sp³-hybridized carbons (Fsp3) is 0.348. The number of fused-ring (bicyclic) bond motifs is 1. The minimum absolute atomic E-state index is 0.0544. The number of hydrogen-bond acceptors (Lipinski definition) is 4. The van der Waals surface area contributed by atoms with Crippen LogP contribution in [0.5, 0.6) is 0 Å². The maximum atomic E-state index is 12.9. The van der Waals surface area contributed by atoms with Crippen molar-refractivity contribution in [3.05, 3.63) is 58.4 Å². The molecule has 1 N–H and O–H groups in total. The van der Waals surface area contributed by atoms with Crippen LogP contribution in [0.1, 0.15) is 40.9 Å². The minimum Gasteiger partial charge on any atom is -0.344 e. The fourth-order valence-electron chi connectivity index (χ4n) is 3.91. The molecule has 2 amide bonds. The van der Waals surface area contributed by atoms with E-state index in [0.717, 1.165) is 49.2 Å². The highest BCUT2D eigenvalue weighted by Crippen LogP contribution is 2.23. The van der Waals surface area contributed by atoms with Crippen LogP contribution in [-0.4, -0.2) is 40.2 Å². The number of carbonyl (C=O) groups is 3. The lowest BCUT2D eigenvalue weighted by Gasteiger charge is -2.20. The molecule has 1 fully saturated rings. The van der Waals surface area contributed by atoms with Crippen LogP contribution in [-0.2, 0) is 22.7 Å². The van der Waals surface area contributed by atoms with Crippen molar-refractivity contribution in [1.29, 1.82) is 0 Å². The second-order valence-corrected chi connectivity index (χ2v) is 8.61. The number of thiophene rings is 1. The molecule has 1 aliphatic rings. The first-order valence-corrected chi connectivity index (χ1v) is 11.2. The van der Waals surface area contributed by atoms with E-state index in [9.17, 15) is 14.4 Å². The Balaban J connectivity index is 1.53. The molecule has 0 aliphatic carbocycles. The van der Waals surface area contributed by atoms with E-state index in [-0.39, 0.29) is 12.5 Å². The van der Waals surface area contributed by atoms with E-state index in [0.29, 0.717) is 17.5 Å². The van der Waals surface area contributed by atoms with Crippen LogP contribution in [0, 0.1) is 0 Å². The summed E-state index contributed by atoms with van der Waals surface area (Å²) in [5.41, 5.74) is 1.12. The Bertz CT molecular complexity index is 1050. The number of hydrogen-bond donors (Lipinski definition) is 1. The third-order valence-corrected chi connectivity index (χ3v) is 6.38. The largest absolute Gasteiger partial charge is 0.344 e. The summed E-state index contributed by atoms with van der Waals surface area (Å²) >= 11 is 1.53. The highest BCUT2D eigenvalue weighted by molar-refractivity contribution is 7.09. The number of para-hydroxylation sites is 1. The van der Waals surface area contributed by atoms with Crippen LogP contribution in [0.3, 0.4) is 0 Å². The third kappa shape index (κ3) is 4.46. The standard InChI is InChI=1S/C23H25N3O3S/c27-21(25-11-5-1-2-6-12-25)16-26-15-19(18-9-3-4-10-20(18)26)22(28)23(29)24-14-17-8-7-13-30-17/h3-4,7-10,13,15H,1-2,5-6,11-12,14,16H2,(H,24,29). The van der Waals surface area contributed by atoms with Crippen LogP contribution in [0.4, 0.5) is 0 Å². The summed E-state index contributed by atoms with van der Waals surface area (Å²) in [5.74, 6) is -1.16. The van der Waals surface area contributed by atoms with Gasteiger partial charge in [0.2, 0.25) is 5.91 Å². The zero-order valence-corrected chi connectivity index (χ0v) is 17.6. The number of benzene rings is 1. The zero-order chi connectivity index (χ0) is 20.9. The summed E-state index contributed by atoms with van der Waals surface area (Å²) in [4.78, 5) is 41.1. The summed E-state index contributed by atoms with van der Waals surface area (Å²) in [6.07, 6.45) is 6.04. The van der Waals surface area contributed by atoms with Gasteiger partial charge in [0.25, 0.3) is 11.7 Å². The normalized spacial score (nSPS) is 14.5. The van der Waals surface area contributed by atoms with Crippen molar-refractivity contribution in [2.75, 3.05) is 13.1 Å². The van der Waals surface area contributed by atoms with Gasteiger partial charge < -0.3 is 14.8 Å². The Hall–Kier alpha value is -2.93. The van der Waals surface area contributed by atoms with Crippen molar-refractivity contribution in [3.8, 4) is 0 Å². The second-order valence-electron chi connectivity index (χ2n) is 7.57. The Morgan fingerprint density at radius 1 is 0.967 bits per heavy atom. The Morgan fingerprint density at radius 3 is 2.47 bits per heavy atom. The highest BCUT2D eigenvalue weighted by atomic mass is 32.1.